The van der Waals surface area contributed by atoms with Crippen LogP contribution in [0.15, 0.2) is 17.0 Å². The second kappa shape index (κ2) is 5.51. The zero-order chi connectivity index (χ0) is 14.0. The maximum absolute atomic E-state index is 12.7. The van der Waals surface area contributed by atoms with Crippen LogP contribution in [0.25, 0.3) is 0 Å². The minimum absolute atomic E-state index is 0.480. The predicted molar refractivity (Wildman–Crippen MR) is 78.1 cm³/mol. The van der Waals surface area contributed by atoms with Gasteiger partial charge < -0.3 is 5.32 Å². The second-order valence-corrected chi connectivity index (χ2v) is 7.03. The third kappa shape index (κ3) is 2.77. The Kier molecular flexibility index (Phi) is 4.16. The van der Waals surface area contributed by atoms with Crippen molar-refractivity contribution in [2.75, 3.05) is 25.5 Å². The largest absolute Gasteiger partial charge is 0.388 e. The molecule has 1 aliphatic rings. The van der Waals surface area contributed by atoms with E-state index in [9.17, 15) is 8.42 Å². The lowest BCUT2D eigenvalue weighted by molar-refractivity contribution is 0.346. The van der Waals surface area contributed by atoms with Gasteiger partial charge in [0.15, 0.2) is 0 Å². The van der Waals surface area contributed by atoms with Crippen LogP contribution in [-0.4, -0.2) is 32.9 Å². The Balaban J connectivity index is 2.45. The van der Waals surface area contributed by atoms with E-state index in [0.717, 1.165) is 36.1 Å². The fourth-order valence-electron chi connectivity index (χ4n) is 2.74. The topological polar surface area (TPSA) is 49.4 Å². The van der Waals surface area contributed by atoms with Crippen LogP contribution < -0.4 is 5.32 Å². The van der Waals surface area contributed by atoms with Gasteiger partial charge in [-0.1, -0.05) is 6.42 Å². The van der Waals surface area contributed by atoms with Crippen LogP contribution in [0.4, 0.5) is 5.69 Å². The lowest BCUT2D eigenvalue weighted by atomic mass is 10.1. The van der Waals surface area contributed by atoms with Crippen molar-refractivity contribution >= 4 is 15.7 Å². The number of rotatable bonds is 3. The number of sulfonamides is 1. The molecule has 0 radical (unpaired) electrons. The lowest BCUT2D eigenvalue weighted by Crippen LogP contribution is -2.36. The SMILES string of the molecule is CNc1cc(C)c(S(=O)(=O)N2CCCCC2)c(C)c1. The zero-order valence-electron chi connectivity index (χ0n) is 11.9. The molecule has 1 N–H and O–H groups in total. The first-order valence-corrected chi connectivity index (χ1v) is 8.20. The fraction of sp³-hybridized carbons (Fsp3) is 0.571. The normalized spacial score (nSPS) is 17.4. The molecule has 0 unspecified atom stereocenters. The van der Waals surface area contributed by atoms with Crippen molar-refractivity contribution in [3.8, 4) is 0 Å². The van der Waals surface area contributed by atoms with E-state index in [1.807, 2.05) is 33.0 Å². The Labute approximate surface area is 115 Å². The van der Waals surface area contributed by atoms with Crippen molar-refractivity contribution in [1.29, 1.82) is 0 Å². The van der Waals surface area contributed by atoms with Crippen LogP contribution in [0.5, 0.6) is 0 Å². The highest BCUT2D eigenvalue weighted by atomic mass is 32.2. The Morgan fingerprint density at radius 3 is 2.05 bits per heavy atom. The van der Waals surface area contributed by atoms with Gasteiger partial charge in [-0.3, -0.25) is 0 Å². The van der Waals surface area contributed by atoms with Gasteiger partial charge in [-0.05, 0) is 49.9 Å². The summed E-state index contributed by atoms with van der Waals surface area (Å²) in [5.41, 5.74) is 2.58. The van der Waals surface area contributed by atoms with Gasteiger partial charge >= 0.3 is 0 Å². The van der Waals surface area contributed by atoms with E-state index in [-0.39, 0.29) is 0 Å². The molecule has 1 aromatic carbocycles. The summed E-state index contributed by atoms with van der Waals surface area (Å²) in [6.07, 6.45) is 3.06. The van der Waals surface area contributed by atoms with Crippen LogP contribution in [0.3, 0.4) is 0 Å². The Hall–Kier alpha value is -1.07. The van der Waals surface area contributed by atoms with E-state index in [4.69, 9.17) is 0 Å². The summed E-state index contributed by atoms with van der Waals surface area (Å²) in [7, 11) is -1.50. The minimum Gasteiger partial charge on any atom is -0.388 e. The highest BCUT2D eigenvalue weighted by molar-refractivity contribution is 7.89. The van der Waals surface area contributed by atoms with Crippen LogP contribution >= 0.6 is 0 Å². The summed E-state index contributed by atoms with van der Waals surface area (Å²) in [5.74, 6) is 0. The van der Waals surface area contributed by atoms with Crippen LogP contribution in [-0.2, 0) is 10.0 Å². The fourth-order valence-corrected chi connectivity index (χ4v) is 4.66. The predicted octanol–water partition coefficient (Wildman–Crippen LogP) is 2.52. The molecule has 0 aliphatic carbocycles. The molecule has 0 atom stereocenters. The first-order chi connectivity index (χ1) is 8.96. The number of anilines is 1. The van der Waals surface area contributed by atoms with E-state index < -0.39 is 10.0 Å². The number of hydrogen-bond donors (Lipinski definition) is 1. The van der Waals surface area contributed by atoms with Crippen molar-refractivity contribution in [3.63, 3.8) is 0 Å². The zero-order valence-corrected chi connectivity index (χ0v) is 12.7. The van der Waals surface area contributed by atoms with E-state index in [0.29, 0.717) is 18.0 Å². The molecule has 1 aliphatic heterocycles. The van der Waals surface area contributed by atoms with Crippen LogP contribution in [0, 0.1) is 13.8 Å². The monoisotopic (exact) mass is 282 g/mol. The summed E-state index contributed by atoms with van der Waals surface area (Å²) >= 11 is 0. The number of nitrogens with one attached hydrogen (secondary N) is 1. The molecule has 0 bridgehead atoms. The number of piperidine rings is 1. The standard InChI is InChI=1S/C14H22N2O2S/c1-11-9-13(15-3)10-12(2)14(11)19(17,18)16-7-5-4-6-8-16/h9-10,15H,4-8H2,1-3H3. The number of nitrogens with zero attached hydrogens (tertiary/aromatic N) is 1. The number of aryl methyl sites for hydroxylation is 2. The molecule has 0 amide bonds. The molecule has 106 valence electrons. The van der Waals surface area contributed by atoms with E-state index in [1.165, 1.54) is 0 Å². The molecular weight excluding hydrogens is 260 g/mol. The molecule has 4 nitrogen and oxygen atoms in total. The molecule has 19 heavy (non-hydrogen) atoms. The van der Waals surface area contributed by atoms with Crippen LogP contribution in [0.1, 0.15) is 30.4 Å². The quantitative estimate of drug-likeness (QED) is 0.926. The van der Waals surface area contributed by atoms with Gasteiger partial charge in [0.1, 0.15) is 0 Å². The Morgan fingerprint density at radius 2 is 1.58 bits per heavy atom. The summed E-state index contributed by atoms with van der Waals surface area (Å²) < 4.78 is 27.1. The van der Waals surface area contributed by atoms with Crippen molar-refractivity contribution in [2.24, 2.45) is 0 Å². The van der Waals surface area contributed by atoms with E-state index in [1.54, 1.807) is 4.31 Å². The highest BCUT2D eigenvalue weighted by Gasteiger charge is 2.28. The third-order valence-electron chi connectivity index (χ3n) is 3.66. The average molecular weight is 282 g/mol. The average Bonchev–Trinajstić information content (AvgIpc) is 2.38. The van der Waals surface area contributed by atoms with Gasteiger partial charge in [0.05, 0.1) is 4.90 Å². The van der Waals surface area contributed by atoms with Gasteiger partial charge in [-0.25, -0.2) is 8.42 Å². The van der Waals surface area contributed by atoms with Crippen molar-refractivity contribution in [3.05, 3.63) is 23.3 Å². The summed E-state index contributed by atoms with van der Waals surface area (Å²) in [5, 5.41) is 3.06. The first-order valence-electron chi connectivity index (χ1n) is 6.76. The van der Waals surface area contributed by atoms with Gasteiger partial charge in [0, 0.05) is 25.8 Å². The van der Waals surface area contributed by atoms with Gasteiger partial charge in [-0.2, -0.15) is 4.31 Å². The molecular formula is C14H22N2O2S. The number of benzene rings is 1. The van der Waals surface area contributed by atoms with Crippen molar-refractivity contribution < 1.29 is 8.42 Å². The lowest BCUT2D eigenvalue weighted by Gasteiger charge is -2.27. The minimum atomic E-state index is -3.34. The molecule has 1 saturated heterocycles. The van der Waals surface area contributed by atoms with Gasteiger partial charge in [0.25, 0.3) is 0 Å². The molecule has 0 spiro atoms. The second-order valence-electron chi connectivity index (χ2n) is 5.15. The summed E-state index contributed by atoms with van der Waals surface area (Å²) in [6, 6.07) is 3.79. The molecule has 1 heterocycles. The first kappa shape index (κ1) is 14.3. The summed E-state index contributed by atoms with van der Waals surface area (Å²) in [4.78, 5) is 0.480. The molecule has 1 aromatic rings. The molecule has 2 rings (SSSR count). The van der Waals surface area contributed by atoms with Crippen LogP contribution in [0.2, 0.25) is 0 Å². The number of hydrogen-bond acceptors (Lipinski definition) is 3. The smallest absolute Gasteiger partial charge is 0.243 e. The third-order valence-corrected chi connectivity index (χ3v) is 5.87. The van der Waals surface area contributed by atoms with Crippen molar-refractivity contribution in [1.82, 2.24) is 4.31 Å². The maximum atomic E-state index is 12.7. The Bertz CT molecular complexity index is 538. The summed E-state index contributed by atoms with van der Waals surface area (Å²) in [6.45, 7) is 5.03. The Morgan fingerprint density at radius 1 is 1.05 bits per heavy atom. The molecule has 1 fully saturated rings. The molecule has 0 saturated carbocycles. The van der Waals surface area contributed by atoms with Crippen molar-refractivity contribution in [2.45, 2.75) is 38.0 Å². The highest BCUT2D eigenvalue weighted by Crippen LogP contribution is 2.28. The van der Waals surface area contributed by atoms with Gasteiger partial charge in [-0.15, -0.1) is 0 Å². The molecule has 5 heteroatoms. The maximum Gasteiger partial charge on any atom is 0.243 e. The van der Waals surface area contributed by atoms with E-state index >= 15 is 0 Å². The van der Waals surface area contributed by atoms with E-state index in [2.05, 4.69) is 5.32 Å². The van der Waals surface area contributed by atoms with Gasteiger partial charge in [0.2, 0.25) is 10.0 Å². The molecule has 0 aromatic heterocycles.